The number of hydrogen-bond acceptors (Lipinski definition) is 3. The Morgan fingerprint density at radius 1 is 1.43 bits per heavy atom. The Bertz CT molecular complexity index is 144. The van der Waals surface area contributed by atoms with Crippen LogP contribution in [0.3, 0.4) is 0 Å². The summed E-state index contributed by atoms with van der Waals surface area (Å²) in [5.74, 6) is 0. The number of nitrogens with one attached hydrogen (secondary N) is 1. The molecule has 3 heteroatoms. The summed E-state index contributed by atoms with van der Waals surface area (Å²) in [5.41, 5.74) is 0. The van der Waals surface area contributed by atoms with Gasteiger partial charge in [0, 0.05) is 12.1 Å². The van der Waals surface area contributed by atoms with E-state index in [4.69, 9.17) is 5.11 Å². The van der Waals surface area contributed by atoms with Crippen LogP contribution < -0.4 is 5.32 Å². The molecule has 1 fully saturated rings. The second-order valence-electron chi connectivity index (χ2n) is 4.37. The molecule has 0 aromatic heterocycles. The standard InChI is InChI=1S/C11H24N2O/c1-3-6-13-7-4-11(5-8-13)12-10(2)9-14/h10-12,14H,3-9H2,1-2H3/t10-/m0/s1. The van der Waals surface area contributed by atoms with E-state index < -0.39 is 0 Å². The number of likely N-dealkylation sites (tertiary alicyclic amines) is 1. The van der Waals surface area contributed by atoms with Crippen LogP contribution in [0.15, 0.2) is 0 Å². The number of aliphatic hydroxyl groups is 1. The third-order valence-electron chi connectivity index (χ3n) is 2.92. The predicted octanol–water partition coefficient (Wildman–Crippen LogP) is 0.831. The monoisotopic (exact) mass is 200 g/mol. The van der Waals surface area contributed by atoms with Gasteiger partial charge in [-0.05, 0) is 45.8 Å². The fraction of sp³-hybridized carbons (Fsp3) is 1.00. The highest BCUT2D eigenvalue weighted by Gasteiger charge is 2.19. The molecule has 1 heterocycles. The molecule has 0 amide bonds. The van der Waals surface area contributed by atoms with Crippen LogP contribution in [0.25, 0.3) is 0 Å². The van der Waals surface area contributed by atoms with Gasteiger partial charge in [-0.25, -0.2) is 0 Å². The molecule has 1 rings (SSSR count). The molecule has 0 saturated carbocycles. The van der Waals surface area contributed by atoms with Crippen molar-refractivity contribution in [2.75, 3.05) is 26.2 Å². The number of rotatable bonds is 5. The van der Waals surface area contributed by atoms with Crippen LogP contribution in [0.2, 0.25) is 0 Å². The maximum atomic E-state index is 8.93. The molecule has 1 saturated heterocycles. The lowest BCUT2D eigenvalue weighted by atomic mass is 10.0. The summed E-state index contributed by atoms with van der Waals surface area (Å²) < 4.78 is 0. The van der Waals surface area contributed by atoms with Gasteiger partial charge < -0.3 is 15.3 Å². The molecule has 1 aliphatic heterocycles. The molecule has 1 atom stereocenters. The van der Waals surface area contributed by atoms with Gasteiger partial charge in [-0.3, -0.25) is 0 Å². The van der Waals surface area contributed by atoms with Crippen LogP contribution in [0.1, 0.15) is 33.1 Å². The third kappa shape index (κ3) is 3.95. The van der Waals surface area contributed by atoms with E-state index in [1.54, 1.807) is 0 Å². The Hall–Kier alpha value is -0.120. The predicted molar refractivity (Wildman–Crippen MR) is 59.4 cm³/mol. The third-order valence-corrected chi connectivity index (χ3v) is 2.92. The van der Waals surface area contributed by atoms with Crippen LogP contribution in [0, 0.1) is 0 Å². The molecule has 0 spiro atoms. The van der Waals surface area contributed by atoms with E-state index in [-0.39, 0.29) is 12.6 Å². The highest BCUT2D eigenvalue weighted by Crippen LogP contribution is 2.10. The van der Waals surface area contributed by atoms with Crippen molar-refractivity contribution in [3.63, 3.8) is 0 Å². The lowest BCUT2D eigenvalue weighted by Crippen LogP contribution is -2.46. The molecule has 1 aliphatic rings. The van der Waals surface area contributed by atoms with Crippen molar-refractivity contribution in [3.8, 4) is 0 Å². The normalized spacial score (nSPS) is 22.5. The van der Waals surface area contributed by atoms with Crippen molar-refractivity contribution in [2.45, 2.75) is 45.2 Å². The van der Waals surface area contributed by atoms with Gasteiger partial charge in [0.25, 0.3) is 0 Å². The number of aliphatic hydroxyl groups excluding tert-OH is 1. The Labute approximate surface area is 87.5 Å². The zero-order chi connectivity index (χ0) is 10.4. The van der Waals surface area contributed by atoms with Gasteiger partial charge in [0.05, 0.1) is 6.61 Å². The molecule has 84 valence electrons. The van der Waals surface area contributed by atoms with Gasteiger partial charge >= 0.3 is 0 Å². The van der Waals surface area contributed by atoms with E-state index in [1.165, 1.54) is 38.9 Å². The summed E-state index contributed by atoms with van der Waals surface area (Å²) >= 11 is 0. The fourth-order valence-corrected chi connectivity index (χ4v) is 2.09. The van der Waals surface area contributed by atoms with Crippen LogP contribution >= 0.6 is 0 Å². The fourth-order valence-electron chi connectivity index (χ4n) is 2.09. The maximum Gasteiger partial charge on any atom is 0.0582 e. The van der Waals surface area contributed by atoms with Gasteiger partial charge in [-0.1, -0.05) is 6.92 Å². The highest BCUT2D eigenvalue weighted by molar-refractivity contribution is 4.78. The van der Waals surface area contributed by atoms with E-state index in [0.717, 1.165) is 0 Å². The molecule has 0 aromatic rings. The molecular weight excluding hydrogens is 176 g/mol. The van der Waals surface area contributed by atoms with E-state index >= 15 is 0 Å². The first kappa shape index (κ1) is 12.0. The summed E-state index contributed by atoms with van der Waals surface area (Å²) in [6, 6.07) is 0.864. The Morgan fingerprint density at radius 2 is 2.07 bits per heavy atom. The maximum absolute atomic E-state index is 8.93. The van der Waals surface area contributed by atoms with E-state index in [2.05, 4.69) is 17.1 Å². The van der Waals surface area contributed by atoms with E-state index in [9.17, 15) is 0 Å². The first-order chi connectivity index (χ1) is 6.76. The SMILES string of the molecule is CCCN1CCC(N[C@@H](C)CO)CC1. The van der Waals surface area contributed by atoms with E-state index in [0.29, 0.717) is 6.04 Å². The summed E-state index contributed by atoms with van der Waals surface area (Å²) in [6.45, 7) is 8.18. The van der Waals surface area contributed by atoms with Gasteiger partial charge in [0.1, 0.15) is 0 Å². The first-order valence-electron chi connectivity index (χ1n) is 5.85. The zero-order valence-corrected chi connectivity index (χ0v) is 9.50. The minimum Gasteiger partial charge on any atom is -0.395 e. The average molecular weight is 200 g/mol. The Kier molecular flexibility index (Phi) is 5.45. The smallest absolute Gasteiger partial charge is 0.0582 e. The highest BCUT2D eigenvalue weighted by atomic mass is 16.3. The average Bonchev–Trinajstić information content (AvgIpc) is 2.21. The molecule has 3 nitrogen and oxygen atoms in total. The van der Waals surface area contributed by atoms with Gasteiger partial charge in [0.15, 0.2) is 0 Å². The molecule has 0 unspecified atom stereocenters. The van der Waals surface area contributed by atoms with Gasteiger partial charge in [-0.2, -0.15) is 0 Å². The number of hydrogen-bond donors (Lipinski definition) is 2. The van der Waals surface area contributed by atoms with Crippen molar-refractivity contribution in [2.24, 2.45) is 0 Å². The molecule has 0 bridgehead atoms. The van der Waals surface area contributed by atoms with Crippen LogP contribution in [-0.4, -0.2) is 48.3 Å². The Morgan fingerprint density at radius 3 is 2.57 bits per heavy atom. The van der Waals surface area contributed by atoms with Crippen LogP contribution in [0.5, 0.6) is 0 Å². The summed E-state index contributed by atoms with van der Waals surface area (Å²) in [4.78, 5) is 2.53. The lowest BCUT2D eigenvalue weighted by molar-refractivity contribution is 0.176. The summed E-state index contributed by atoms with van der Waals surface area (Å²) in [5, 5.41) is 12.4. The Balaban J connectivity index is 2.15. The second kappa shape index (κ2) is 6.38. The number of piperidine rings is 1. The van der Waals surface area contributed by atoms with Crippen molar-refractivity contribution in [1.29, 1.82) is 0 Å². The van der Waals surface area contributed by atoms with Crippen molar-refractivity contribution < 1.29 is 5.11 Å². The second-order valence-corrected chi connectivity index (χ2v) is 4.37. The molecule has 2 N–H and O–H groups in total. The quantitative estimate of drug-likeness (QED) is 0.690. The molecular formula is C11H24N2O. The van der Waals surface area contributed by atoms with Crippen molar-refractivity contribution in [3.05, 3.63) is 0 Å². The van der Waals surface area contributed by atoms with Crippen molar-refractivity contribution in [1.82, 2.24) is 10.2 Å². The summed E-state index contributed by atoms with van der Waals surface area (Å²) in [7, 11) is 0. The van der Waals surface area contributed by atoms with Crippen LogP contribution in [0.4, 0.5) is 0 Å². The number of nitrogens with zero attached hydrogens (tertiary/aromatic N) is 1. The van der Waals surface area contributed by atoms with Crippen LogP contribution in [-0.2, 0) is 0 Å². The molecule has 14 heavy (non-hydrogen) atoms. The minimum atomic E-state index is 0.245. The molecule has 0 radical (unpaired) electrons. The minimum absolute atomic E-state index is 0.245. The van der Waals surface area contributed by atoms with E-state index in [1.807, 2.05) is 6.92 Å². The topological polar surface area (TPSA) is 35.5 Å². The zero-order valence-electron chi connectivity index (χ0n) is 9.50. The van der Waals surface area contributed by atoms with Gasteiger partial charge in [0.2, 0.25) is 0 Å². The lowest BCUT2D eigenvalue weighted by Gasteiger charge is -2.33. The molecule has 0 aliphatic carbocycles. The summed E-state index contributed by atoms with van der Waals surface area (Å²) in [6.07, 6.45) is 3.71. The van der Waals surface area contributed by atoms with Gasteiger partial charge in [-0.15, -0.1) is 0 Å². The first-order valence-corrected chi connectivity index (χ1v) is 5.85. The molecule has 0 aromatic carbocycles. The van der Waals surface area contributed by atoms with Crippen molar-refractivity contribution >= 4 is 0 Å². The largest absolute Gasteiger partial charge is 0.395 e.